The molecule has 0 aliphatic carbocycles. The molecule has 2 heteroatoms. The number of hydrogen-bond acceptors (Lipinski definition) is 2. The van der Waals surface area contributed by atoms with Gasteiger partial charge in [-0.3, -0.25) is 0 Å². The standard InChI is InChI=1S/C18H19NO/c1-13-9-7-8-12-17(13)19-14(2)18(20-15(19)3)16-10-5-4-6-11-16/h4-12,15H,1-3H3. The Kier molecular flexibility index (Phi) is 3.23. The average Bonchev–Trinajstić information content (AvgIpc) is 2.76. The van der Waals surface area contributed by atoms with Gasteiger partial charge in [-0.1, -0.05) is 48.5 Å². The van der Waals surface area contributed by atoms with Crippen LogP contribution in [0.3, 0.4) is 0 Å². The van der Waals surface area contributed by atoms with Crippen molar-refractivity contribution in [1.82, 2.24) is 0 Å². The molecule has 1 heterocycles. The van der Waals surface area contributed by atoms with E-state index >= 15 is 0 Å². The van der Waals surface area contributed by atoms with E-state index in [1.54, 1.807) is 0 Å². The van der Waals surface area contributed by atoms with Crippen molar-refractivity contribution in [3.05, 3.63) is 71.4 Å². The van der Waals surface area contributed by atoms with Crippen LogP contribution in [0.1, 0.15) is 25.0 Å². The van der Waals surface area contributed by atoms with Crippen molar-refractivity contribution in [2.75, 3.05) is 4.90 Å². The van der Waals surface area contributed by atoms with Crippen molar-refractivity contribution < 1.29 is 4.74 Å². The molecule has 1 aliphatic rings. The molecule has 0 fully saturated rings. The lowest BCUT2D eigenvalue weighted by Crippen LogP contribution is -2.27. The summed E-state index contributed by atoms with van der Waals surface area (Å²) in [4.78, 5) is 2.26. The Bertz CT molecular complexity index is 645. The van der Waals surface area contributed by atoms with E-state index in [1.807, 2.05) is 18.2 Å². The first-order chi connectivity index (χ1) is 9.68. The molecule has 2 nitrogen and oxygen atoms in total. The van der Waals surface area contributed by atoms with Crippen molar-refractivity contribution in [3.8, 4) is 0 Å². The van der Waals surface area contributed by atoms with Gasteiger partial charge in [-0.05, 0) is 32.4 Å². The lowest BCUT2D eigenvalue weighted by Gasteiger charge is -2.25. The van der Waals surface area contributed by atoms with Crippen molar-refractivity contribution >= 4 is 11.4 Å². The minimum atomic E-state index is 0.0197. The highest BCUT2D eigenvalue weighted by molar-refractivity contribution is 5.72. The summed E-state index contributed by atoms with van der Waals surface area (Å²) in [6.07, 6.45) is 0.0197. The molecule has 0 saturated heterocycles. The lowest BCUT2D eigenvalue weighted by molar-refractivity contribution is 0.211. The molecule has 1 unspecified atom stereocenters. The van der Waals surface area contributed by atoms with Crippen molar-refractivity contribution in [2.24, 2.45) is 0 Å². The van der Waals surface area contributed by atoms with Gasteiger partial charge in [-0.15, -0.1) is 0 Å². The van der Waals surface area contributed by atoms with Crippen LogP contribution in [0.4, 0.5) is 5.69 Å². The van der Waals surface area contributed by atoms with Gasteiger partial charge in [0, 0.05) is 11.3 Å². The van der Waals surface area contributed by atoms with Gasteiger partial charge >= 0.3 is 0 Å². The maximum Gasteiger partial charge on any atom is 0.173 e. The number of ether oxygens (including phenoxy) is 1. The van der Waals surface area contributed by atoms with Crippen LogP contribution in [-0.4, -0.2) is 6.23 Å². The van der Waals surface area contributed by atoms with E-state index in [-0.39, 0.29) is 6.23 Å². The van der Waals surface area contributed by atoms with Gasteiger partial charge in [0.15, 0.2) is 6.23 Å². The van der Waals surface area contributed by atoms with Crippen molar-refractivity contribution in [3.63, 3.8) is 0 Å². The summed E-state index contributed by atoms with van der Waals surface area (Å²) < 4.78 is 6.09. The maximum absolute atomic E-state index is 6.09. The molecule has 0 N–H and O–H groups in total. The Morgan fingerprint density at radius 3 is 2.25 bits per heavy atom. The van der Waals surface area contributed by atoms with Gasteiger partial charge in [-0.2, -0.15) is 0 Å². The second-order valence-corrected chi connectivity index (χ2v) is 5.15. The zero-order valence-electron chi connectivity index (χ0n) is 12.1. The molecule has 3 rings (SSSR count). The molecule has 0 spiro atoms. The molecular formula is C18H19NO. The molecule has 0 aromatic heterocycles. The van der Waals surface area contributed by atoms with Crippen LogP contribution >= 0.6 is 0 Å². The van der Waals surface area contributed by atoms with Crippen molar-refractivity contribution in [1.29, 1.82) is 0 Å². The van der Waals surface area contributed by atoms with Crippen LogP contribution < -0.4 is 4.90 Å². The van der Waals surface area contributed by atoms with Crippen LogP contribution in [0, 0.1) is 6.92 Å². The third-order valence-corrected chi connectivity index (χ3v) is 3.75. The number of allylic oxidation sites excluding steroid dienone is 1. The Morgan fingerprint density at radius 2 is 1.55 bits per heavy atom. The van der Waals surface area contributed by atoms with Gasteiger partial charge in [-0.25, -0.2) is 0 Å². The first-order valence-electron chi connectivity index (χ1n) is 6.96. The second kappa shape index (κ2) is 5.04. The number of benzene rings is 2. The van der Waals surface area contributed by atoms with Crippen LogP contribution in [0.2, 0.25) is 0 Å². The molecule has 102 valence electrons. The van der Waals surface area contributed by atoms with E-state index in [0.29, 0.717) is 0 Å². The summed E-state index contributed by atoms with van der Waals surface area (Å²) in [5.41, 5.74) is 4.77. The molecular weight excluding hydrogens is 246 g/mol. The van der Waals surface area contributed by atoms with Gasteiger partial charge < -0.3 is 9.64 Å². The fourth-order valence-corrected chi connectivity index (χ4v) is 2.77. The third kappa shape index (κ3) is 2.07. The van der Waals surface area contributed by atoms with Crippen LogP contribution in [0.5, 0.6) is 0 Å². The van der Waals surface area contributed by atoms with Gasteiger partial charge in [0.05, 0.1) is 5.70 Å². The number of rotatable bonds is 2. The maximum atomic E-state index is 6.09. The molecule has 1 aliphatic heterocycles. The van der Waals surface area contributed by atoms with E-state index < -0.39 is 0 Å². The van der Waals surface area contributed by atoms with E-state index in [2.05, 4.69) is 62.1 Å². The second-order valence-electron chi connectivity index (χ2n) is 5.15. The number of hydrogen-bond donors (Lipinski definition) is 0. The molecule has 0 saturated carbocycles. The largest absolute Gasteiger partial charge is 0.468 e. The predicted molar refractivity (Wildman–Crippen MR) is 83.2 cm³/mol. The predicted octanol–water partition coefficient (Wildman–Crippen LogP) is 4.57. The summed E-state index contributed by atoms with van der Waals surface area (Å²) in [5, 5.41) is 0. The Balaban J connectivity index is 2.05. The molecule has 1 atom stereocenters. The third-order valence-electron chi connectivity index (χ3n) is 3.75. The van der Waals surface area contributed by atoms with Gasteiger partial charge in [0.1, 0.15) is 5.76 Å². The zero-order chi connectivity index (χ0) is 14.1. The highest BCUT2D eigenvalue weighted by atomic mass is 16.5. The summed E-state index contributed by atoms with van der Waals surface area (Å²) in [6, 6.07) is 18.7. The van der Waals surface area contributed by atoms with E-state index in [9.17, 15) is 0 Å². The van der Waals surface area contributed by atoms with Crippen LogP contribution in [0.15, 0.2) is 60.3 Å². The molecule has 2 aromatic rings. The SMILES string of the molecule is CC1=C(c2ccccc2)OC(C)N1c1ccccc1C. The summed E-state index contributed by atoms with van der Waals surface area (Å²) in [7, 11) is 0. The molecule has 20 heavy (non-hydrogen) atoms. The summed E-state index contributed by atoms with van der Waals surface area (Å²) >= 11 is 0. The molecule has 0 amide bonds. The molecule has 0 bridgehead atoms. The zero-order valence-corrected chi connectivity index (χ0v) is 12.1. The molecule has 2 aromatic carbocycles. The normalized spacial score (nSPS) is 18.4. The number of para-hydroxylation sites is 1. The smallest absolute Gasteiger partial charge is 0.173 e. The lowest BCUT2D eigenvalue weighted by atomic mass is 10.1. The number of nitrogens with zero attached hydrogens (tertiary/aromatic N) is 1. The Labute approximate surface area is 120 Å². The van der Waals surface area contributed by atoms with Gasteiger partial charge in [0.25, 0.3) is 0 Å². The number of anilines is 1. The van der Waals surface area contributed by atoms with Gasteiger partial charge in [0.2, 0.25) is 0 Å². The summed E-state index contributed by atoms with van der Waals surface area (Å²) in [5.74, 6) is 0.973. The van der Waals surface area contributed by atoms with E-state index in [4.69, 9.17) is 4.74 Å². The summed E-state index contributed by atoms with van der Waals surface area (Å²) in [6.45, 7) is 6.35. The fourth-order valence-electron chi connectivity index (χ4n) is 2.77. The Hall–Kier alpha value is -2.22. The van der Waals surface area contributed by atoms with E-state index in [0.717, 1.165) is 17.0 Å². The Morgan fingerprint density at radius 1 is 0.900 bits per heavy atom. The number of aryl methyl sites for hydroxylation is 1. The minimum absolute atomic E-state index is 0.0197. The minimum Gasteiger partial charge on any atom is -0.468 e. The first kappa shape index (κ1) is 12.8. The molecule has 0 radical (unpaired) electrons. The quantitative estimate of drug-likeness (QED) is 0.789. The van der Waals surface area contributed by atoms with Crippen LogP contribution in [-0.2, 0) is 4.74 Å². The highest BCUT2D eigenvalue weighted by Crippen LogP contribution is 2.37. The fraction of sp³-hybridized carbons (Fsp3) is 0.222. The average molecular weight is 265 g/mol. The first-order valence-corrected chi connectivity index (χ1v) is 6.96. The van der Waals surface area contributed by atoms with E-state index in [1.165, 1.54) is 11.3 Å². The monoisotopic (exact) mass is 265 g/mol. The van der Waals surface area contributed by atoms with Crippen LogP contribution in [0.25, 0.3) is 5.76 Å². The van der Waals surface area contributed by atoms with Crippen molar-refractivity contribution in [2.45, 2.75) is 27.0 Å². The highest BCUT2D eigenvalue weighted by Gasteiger charge is 2.30. The topological polar surface area (TPSA) is 12.5 Å².